The summed E-state index contributed by atoms with van der Waals surface area (Å²) in [7, 11) is 4.11. The Bertz CT molecular complexity index is 1090. The molecule has 0 bridgehead atoms. The first-order chi connectivity index (χ1) is 13.6. The molecule has 142 valence electrons. The van der Waals surface area contributed by atoms with Crippen molar-refractivity contribution in [1.82, 2.24) is 14.5 Å². The van der Waals surface area contributed by atoms with Crippen LogP contribution < -0.4 is 9.47 Å². The number of para-hydroxylation sites is 2. The monoisotopic (exact) mass is 372 g/mol. The Labute approximate surface area is 165 Å². The third-order valence-electron chi connectivity index (χ3n) is 5.07. The zero-order valence-electron chi connectivity index (χ0n) is 16.9. The Morgan fingerprint density at radius 1 is 0.929 bits per heavy atom. The second kappa shape index (κ2) is 7.43. The largest absolute Gasteiger partial charge is 0.378 e. The number of nitrogens with zero attached hydrogens (tertiary/aromatic N) is 5. The van der Waals surface area contributed by atoms with Crippen molar-refractivity contribution < 1.29 is 4.57 Å². The van der Waals surface area contributed by atoms with Crippen molar-refractivity contribution in [1.29, 1.82) is 0 Å². The lowest BCUT2D eigenvalue weighted by Gasteiger charge is -2.11. The lowest BCUT2D eigenvalue weighted by Crippen LogP contribution is -2.35. The Morgan fingerprint density at radius 3 is 2.21 bits per heavy atom. The Balaban J connectivity index is 1.84. The zero-order chi connectivity index (χ0) is 19.7. The number of rotatable bonds is 5. The average Bonchev–Trinajstić information content (AvgIpc) is 3.02. The van der Waals surface area contributed by atoms with Gasteiger partial charge < -0.3 is 4.90 Å². The average molecular weight is 372 g/mol. The van der Waals surface area contributed by atoms with Gasteiger partial charge in [0.15, 0.2) is 5.52 Å². The number of fused-ring (bicyclic) bond motifs is 2. The van der Waals surface area contributed by atoms with Crippen molar-refractivity contribution in [2.45, 2.75) is 26.9 Å². The number of imidazole rings is 1. The quantitative estimate of drug-likeness (QED) is 0.494. The first kappa shape index (κ1) is 18.2. The molecule has 0 saturated carbocycles. The van der Waals surface area contributed by atoms with Gasteiger partial charge in [-0.1, -0.05) is 29.2 Å². The molecule has 4 aromatic rings. The molecule has 0 aliphatic heterocycles. The van der Waals surface area contributed by atoms with Crippen molar-refractivity contribution >= 4 is 40.2 Å². The van der Waals surface area contributed by atoms with Crippen LogP contribution in [-0.4, -0.2) is 28.6 Å². The SMILES string of the molecule is CCn1c(C=Cc2ccc(N(C)C)cc2)[n+](CC)c2nc3ccccc3nc21. The maximum atomic E-state index is 4.90. The second-order valence-electron chi connectivity index (χ2n) is 7.03. The fraction of sp³-hybridized carbons (Fsp3) is 0.261. The van der Waals surface area contributed by atoms with E-state index in [2.05, 4.69) is 78.4 Å². The van der Waals surface area contributed by atoms with Gasteiger partial charge in [0.25, 0.3) is 5.65 Å². The summed E-state index contributed by atoms with van der Waals surface area (Å²) in [4.78, 5) is 11.9. The number of hydrogen-bond donors (Lipinski definition) is 0. The molecule has 0 unspecified atom stereocenters. The lowest BCUT2D eigenvalue weighted by molar-refractivity contribution is -0.672. The number of aromatic nitrogens is 4. The molecule has 4 rings (SSSR count). The van der Waals surface area contributed by atoms with E-state index in [9.17, 15) is 0 Å². The predicted molar refractivity (Wildman–Crippen MR) is 116 cm³/mol. The molecule has 0 aliphatic carbocycles. The van der Waals surface area contributed by atoms with Gasteiger partial charge in [0.2, 0.25) is 5.82 Å². The van der Waals surface area contributed by atoms with E-state index in [-0.39, 0.29) is 0 Å². The summed E-state index contributed by atoms with van der Waals surface area (Å²) in [6.45, 7) is 5.99. The molecule has 5 nitrogen and oxygen atoms in total. The Hall–Kier alpha value is -3.21. The summed E-state index contributed by atoms with van der Waals surface area (Å²) in [6, 6.07) is 16.6. The van der Waals surface area contributed by atoms with Gasteiger partial charge >= 0.3 is 5.65 Å². The molecule has 0 N–H and O–H groups in total. The highest BCUT2D eigenvalue weighted by molar-refractivity contribution is 5.82. The van der Waals surface area contributed by atoms with Crippen molar-refractivity contribution in [2.75, 3.05) is 19.0 Å². The van der Waals surface area contributed by atoms with Crippen molar-refractivity contribution in [3.63, 3.8) is 0 Å². The first-order valence-electron chi connectivity index (χ1n) is 9.76. The molecule has 0 saturated heterocycles. The van der Waals surface area contributed by atoms with E-state index in [1.807, 2.05) is 24.3 Å². The molecule has 0 amide bonds. The first-order valence-corrected chi connectivity index (χ1v) is 9.76. The summed E-state index contributed by atoms with van der Waals surface area (Å²) in [5, 5.41) is 0. The number of anilines is 1. The van der Waals surface area contributed by atoms with Gasteiger partial charge in [-0.3, -0.25) is 0 Å². The number of benzene rings is 2. The zero-order valence-corrected chi connectivity index (χ0v) is 16.9. The van der Waals surface area contributed by atoms with E-state index in [0.717, 1.165) is 41.2 Å². The summed E-state index contributed by atoms with van der Waals surface area (Å²) in [6.07, 6.45) is 4.33. The van der Waals surface area contributed by atoms with Gasteiger partial charge in [-0.2, -0.15) is 0 Å². The summed E-state index contributed by atoms with van der Waals surface area (Å²) >= 11 is 0. The maximum absolute atomic E-state index is 4.90. The van der Waals surface area contributed by atoms with E-state index in [4.69, 9.17) is 9.97 Å². The van der Waals surface area contributed by atoms with E-state index < -0.39 is 0 Å². The van der Waals surface area contributed by atoms with Gasteiger partial charge in [-0.05, 0) is 49.8 Å². The third kappa shape index (κ3) is 3.13. The van der Waals surface area contributed by atoms with Crippen LogP contribution in [-0.2, 0) is 13.1 Å². The van der Waals surface area contributed by atoms with Crippen LogP contribution in [0.25, 0.3) is 34.5 Å². The Kier molecular flexibility index (Phi) is 4.82. The third-order valence-corrected chi connectivity index (χ3v) is 5.07. The van der Waals surface area contributed by atoms with Crippen LogP contribution in [0.4, 0.5) is 5.69 Å². The molecule has 2 heterocycles. The number of aryl methyl sites for hydroxylation is 2. The van der Waals surface area contributed by atoms with E-state index in [0.29, 0.717) is 0 Å². The topological polar surface area (TPSA) is 37.8 Å². The fourth-order valence-corrected chi connectivity index (χ4v) is 3.56. The van der Waals surface area contributed by atoms with Crippen LogP contribution in [0.5, 0.6) is 0 Å². The second-order valence-corrected chi connectivity index (χ2v) is 7.03. The molecular formula is C23H26N5+. The highest BCUT2D eigenvalue weighted by Crippen LogP contribution is 2.19. The van der Waals surface area contributed by atoms with Crippen LogP contribution >= 0.6 is 0 Å². The molecule has 0 spiro atoms. The van der Waals surface area contributed by atoms with Crippen LogP contribution in [0.3, 0.4) is 0 Å². The maximum Gasteiger partial charge on any atom is 0.323 e. The van der Waals surface area contributed by atoms with Crippen molar-refractivity contribution in [3.05, 3.63) is 59.9 Å². The summed E-state index contributed by atoms with van der Waals surface area (Å²) in [5.41, 5.74) is 6.10. The van der Waals surface area contributed by atoms with Gasteiger partial charge in [-0.25, -0.2) is 14.1 Å². The minimum Gasteiger partial charge on any atom is -0.378 e. The van der Waals surface area contributed by atoms with Crippen LogP contribution in [0.15, 0.2) is 48.5 Å². The normalized spacial score (nSPS) is 11.7. The number of hydrogen-bond acceptors (Lipinski definition) is 3. The van der Waals surface area contributed by atoms with Gasteiger partial charge in [-0.15, -0.1) is 0 Å². The predicted octanol–water partition coefficient (Wildman–Crippen LogP) is 4.15. The molecule has 2 aromatic heterocycles. The lowest BCUT2D eigenvalue weighted by atomic mass is 10.2. The van der Waals surface area contributed by atoms with Crippen LogP contribution in [0.1, 0.15) is 25.2 Å². The minimum absolute atomic E-state index is 0.843. The van der Waals surface area contributed by atoms with Gasteiger partial charge in [0, 0.05) is 25.9 Å². The molecule has 0 atom stereocenters. The smallest absolute Gasteiger partial charge is 0.323 e. The standard InChI is InChI=1S/C23H26N5/c1-5-27-21(16-13-17-11-14-18(15-12-17)26(3)4)28(6-2)23-22(27)24-19-9-7-8-10-20(19)25-23/h7-16H,5-6H2,1-4H3/q+1. The molecular weight excluding hydrogens is 346 g/mol. The highest BCUT2D eigenvalue weighted by Gasteiger charge is 2.23. The molecule has 0 aliphatic rings. The van der Waals surface area contributed by atoms with Crippen LogP contribution in [0.2, 0.25) is 0 Å². The fourth-order valence-electron chi connectivity index (χ4n) is 3.56. The van der Waals surface area contributed by atoms with Crippen molar-refractivity contribution in [2.24, 2.45) is 0 Å². The van der Waals surface area contributed by atoms with Gasteiger partial charge in [0.1, 0.15) is 5.52 Å². The van der Waals surface area contributed by atoms with Crippen LogP contribution in [0, 0.1) is 0 Å². The van der Waals surface area contributed by atoms with Crippen molar-refractivity contribution in [3.8, 4) is 0 Å². The summed E-state index contributed by atoms with van der Waals surface area (Å²) in [5.74, 6) is 1.12. The summed E-state index contributed by atoms with van der Waals surface area (Å²) < 4.78 is 4.48. The highest BCUT2D eigenvalue weighted by atomic mass is 15.2. The van der Waals surface area contributed by atoms with E-state index in [1.165, 1.54) is 11.3 Å². The van der Waals surface area contributed by atoms with E-state index >= 15 is 0 Å². The van der Waals surface area contributed by atoms with Gasteiger partial charge in [0.05, 0.1) is 13.1 Å². The molecule has 5 heteroatoms. The molecule has 28 heavy (non-hydrogen) atoms. The molecule has 0 radical (unpaired) electrons. The minimum atomic E-state index is 0.843. The Morgan fingerprint density at radius 2 is 1.61 bits per heavy atom. The molecule has 0 fully saturated rings. The molecule has 2 aromatic carbocycles. The van der Waals surface area contributed by atoms with E-state index in [1.54, 1.807) is 0 Å².